The molecular formula is C11H17NO3. The van der Waals surface area contributed by atoms with Crippen molar-refractivity contribution in [3.63, 3.8) is 0 Å². The maximum atomic E-state index is 11.4. The van der Waals surface area contributed by atoms with Crippen molar-refractivity contribution in [3.05, 3.63) is 23.6 Å². The first-order chi connectivity index (χ1) is 7.22. The molecule has 1 saturated heterocycles. The first kappa shape index (κ1) is 11.6. The summed E-state index contributed by atoms with van der Waals surface area (Å²) in [5, 5.41) is 3.08. The van der Waals surface area contributed by atoms with Crippen LogP contribution >= 0.6 is 0 Å². The second-order valence-corrected chi connectivity index (χ2v) is 3.12. The van der Waals surface area contributed by atoms with Crippen LogP contribution in [0.3, 0.4) is 0 Å². The number of carbonyl (C=O) groups is 1. The fourth-order valence-corrected chi connectivity index (χ4v) is 1.39. The lowest BCUT2D eigenvalue weighted by atomic mass is 10.2. The average molecular weight is 211 g/mol. The van der Waals surface area contributed by atoms with Crippen LogP contribution in [-0.4, -0.2) is 25.2 Å². The molecule has 4 nitrogen and oxygen atoms in total. The van der Waals surface area contributed by atoms with Crippen LogP contribution in [0.1, 0.15) is 20.8 Å². The number of esters is 1. The highest BCUT2D eigenvalue weighted by Gasteiger charge is 2.27. The van der Waals surface area contributed by atoms with Gasteiger partial charge in [-0.25, -0.2) is 4.79 Å². The molecule has 0 aliphatic carbocycles. The molecule has 84 valence electrons. The second kappa shape index (κ2) is 5.44. The van der Waals surface area contributed by atoms with Crippen molar-refractivity contribution in [2.45, 2.75) is 26.8 Å². The molecule has 0 aromatic carbocycles. The van der Waals surface area contributed by atoms with E-state index in [2.05, 4.69) is 5.32 Å². The van der Waals surface area contributed by atoms with Crippen molar-refractivity contribution < 1.29 is 14.3 Å². The van der Waals surface area contributed by atoms with E-state index in [1.165, 1.54) is 0 Å². The van der Waals surface area contributed by atoms with Crippen LogP contribution in [0, 0.1) is 0 Å². The van der Waals surface area contributed by atoms with Crippen LogP contribution in [0.25, 0.3) is 0 Å². The zero-order valence-electron chi connectivity index (χ0n) is 9.37. The van der Waals surface area contributed by atoms with Gasteiger partial charge in [0, 0.05) is 0 Å². The Balaban J connectivity index is 2.65. The molecule has 0 bridgehead atoms. The van der Waals surface area contributed by atoms with E-state index in [0.29, 0.717) is 13.2 Å². The number of morpholine rings is 1. The Morgan fingerprint density at radius 1 is 1.60 bits per heavy atom. The van der Waals surface area contributed by atoms with E-state index in [9.17, 15) is 4.79 Å². The minimum atomic E-state index is -0.403. The van der Waals surface area contributed by atoms with Gasteiger partial charge in [0.1, 0.15) is 12.4 Å². The molecule has 1 atom stereocenters. The Labute approximate surface area is 89.9 Å². The second-order valence-electron chi connectivity index (χ2n) is 3.12. The van der Waals surface area contributed by atoms with Crippen LogP contribution in [0.5, 0.6) is 0 Å². The zero-order valence-corrected chi connectivity index (χ0v) is 9.37. The molecule has 0 spiro atoms. The number of allylic oxidation sites excluding steroid dienone is 2. The molecule has 1 fully saturated rings. The molecule has 15 heavy (non-hydrogen) atoms. The summed E-state index contributed by atoms with van der Waals surface area (Å²) in [5.41, 5.74) is 0.835. The maximum absolute atomic E-state index is 11.4. The number of carbonyl (C=O) groups excluding carboxylic acids is 1. The first-order valence-electron chi connectivity index (χ1n) is 5.11. The SMILES string of the molecule is C/C=C1/NC(C(=O)OCC)CO/C1=C/C. The molecule has 4 heteroatoms. The van der Waals surface area contributed by atoms with Gasteiger partial charge in [-0.05, 0) is 26.8 Å². The highest BCUT2D eigenvalue weighted by molar-refractivity contribution is 5.76. The largest absolute Gasteiger partial charge is 0.489 e. The van der Waals surface area contributed by atoms with E-state index in [1.54, 1.807) is 6.92 Å². The molecule has 1 unspecified atom stereocenters. The fourth-order valence-electron chi connectivity index (χ4n) is 1.39. The lowest BCUT2D eigenvalue weighted by Crippen LogP contribution is -2.45. The Morgan fingerprint density at radius 2 is 2.33 bits per heavy atom. The van der Waals surface area contributed by atoms with Gasteiger partial charge in [-0.3, -0.25) is 0 Å². The lowest BCUT2D eigenvalue weighted by Gasteiger charge is -2.27. The minimum Gasteiger partial charge on any atom is -0.489 e. The molecule has 0 amide bonds. The monoisotopic (exact) mass is 211 g/mol. The topological polar surface area (TPSA) is 47.6 Å². The minimum absolute atomic E-state index is 0.271. The van der Waals surface area contributed by atoms with Crippen LogP contribution in [-0.2, 0) is 14.3 Å². The summed E-state index contributed by atoms with van der Waals surface area (Å²) in [6.07, 6.45) is 3.74. The van der Waals surface area contributed by atoms with Crippen molar-refractivity contribution in [2.75, 3.05) is 13.2 Å². The summed E-state index contributed by atoms with van der Waals surface area (Å²) >= 11 is 0. The third-order valence-electron chi connectivity index (χ3n) is 2.12. The van der Waals surface area contributed by atoms with Crippen molar-refractivity contribution in [3.8, 4) is 0 Å². The van der Waals surface area contributed by atoms with Gasteiger partial charge in [-0.2, -0.15) is 0 Å². The van der Waals surface area contributed by atoms with Crippen LogP contribution in [0.4, 0.5) is 0 Å². The van der Waals surface area contributed by atoms with Crippen molar-refractivity contribution in [1.82, 2.24) is 5.32 Å². The van der Waals surface area contributed by atoms with Gasteiger partial charge in [0.15, 0.2) is 6.04 Å². The first-order valence-corrected chi connectivity index (χ1v) is 5.11. The number of hydrogen-bond acceptors (Lipinski definition) is 4. The summed E-state index contributed by atoms with van der Waals surface area (Å²) < 4.78 is 10.4. The van der Waals surface area contributed by atoms with Crippen molar-refractivity contribution >= 4 is 5.97 Å². The van der Waals surface area contributed by atoms with Gasteiger partial charge < -0.3 is 14.8 Å². The summed E-state index contributed by atoms with van der Waals surface area (Å²) in [6.45, 7) is 6.28. The van der Waals surface area contributed by atoms with Gasteiger partial charge in [0.25, 0.3) is 0 Å². The third-order valence-corrected chi connectivity index (χ3v) is 2.12. The Hall–Kier alpha value is -1.45. The molecule has 1 aliphatic rings. The van der Waals surface area contributed by atoms with Crippen molar-refractivity contribution in [2.24, 2.45) is 0 Å². The molecule has 1 aliphatic heterocycles. The highest BCUT2D eigenvalue weighted by atomic mass is 16.5. The molecule has 0 aromatic heterocycles. The summed E-state index contributed by atoms with van der Waals surface area (Å²) in [5.74, 6) is 0.505. The molecule has 1 N–H and O–H groups in total. The third kappa shape index (κ3) is 2.75. The molecule has 0 radical (unpaired) electrons. The average Bonchev–Trinajstić information content (AvgIpc) is 2.28. The van der Waals surface area contributed by atoms with Gasteiger partial charge in [0.2, 0.25) is 0 Å². The summed E-state index contributed by atoms with van der Waals surface area (Å²) in [6, 6.07) is -0.403. The Morgan fingerprint density at radius 3 is 2.87 bits per heavy atom. The Kier molecular flexibility index (Phi) is 4.21. The van der Waals surface area contributed by atoms with Crippen LogP contribution in [0.2, 0.25) is 0 Å². The fraction of sp³-hybridized carbons (Fsp3) is 0.545. The summed E-state index contributed by atoms with van der Waals surface area (Å²) in [4.78, 5) is 11.4. The van der Waals surface area contributed by atoms with Gasteiger partial charge in [0.05, 0.1) is 12.3 Å². The van der Waals surface area contributed by atoms with E-state index >= 15 is 0 Å². The maximum Gasteiger partial charge on any atom is 0.332 e. The molecule has 1 rings (SSSR count). The van der Waals surface area contributed by atoms with Crippen LogP contribution < -0.4 is 5.32 Å². The molecule has 1 heterocycles. The van der Waals surface area contributed by atoms with Gasteiger partial charge >= 0.3 is 5.97 Å². The van der Waals surface area contributed by atoms with E-state index in [4.69, 9.17) is 9.47 Å². The van der Waals surface area contributed by atoms with E-state index < -0.39 is 6.04 Å². The normalized spacial score (nSPS) is 25.9. The number of rotatable bonds is 2. The number of hydrogen-bond donors (Lipinski definition) is 1. The van der Waals surface area contributed by atoms with E-state index in [-0.39, 0.29) is 5.97 Å². The standard InChI is InChI=1S/C11H17NO3/c1-4-8-10(5-2)15-7-9(12-8)11(13)14-6-3/h4-5,9,12H,6-7H2,1-3H3/b8-4+,10-5+. The van der Waals surface area contributed by atoms with Gasteiger partial charge in [-0.15, -0.1) is 0 Å². The predicted octanol–water partition coefficient (Wildman–Crippen LogP) is 1.35. The van der Waals surface area contributed by atoms with Crippen molar-refractivity contribution in [1.29, 1.82) is 0 Å². The van der Waals surface area contributed by atoms with E-state index in [0.717, 1.165) is 11.5 Å². The van der Waals surface area contributed by atoms with Gasteiger partial charge in [-0.1, -0.05) is 6.08 Å². The Bertz CT molecular complexity index is 294. The zero-order chi connectivity index (χ0) is 11.3. The number of ether oxygens (including phenoxy) is 2. The quantitative estimate of drug-likeness (QED) is 0.700. The molecular weight excluding hydrogens is 194 g/mol. The smallest absolute Gasteiger partial charge is 0.332 e. The molecule has 0 saturated carbocycles. The highest BCUT2D eigenvalue weighted by Crippen LogP contribution is 2.16. The summed E-state index contributed by atoms with van der Waals surface area (Å²) in [7, 11) is 0. The predicted molar refractivity (Wildman–Crippen MR) is 57.0 cm³/mol. The lowest BCUT2D eigenvalue weighted by molar-refractivity contribution is -0.147. The number of nitrogens with one attached hydrogen (secondary N) is 1. The van der Waals surface area contributed by atoms with Crippen LogP contribution in [0.15, 0.2) is 23.6 Å². The molecule has 0 aromatic rings. The van der Waals surface area contributed by atoms with E-state index in [1.807, 2.05) is 26.0 Å².